The molecule has 0 spiro atoms. The Bertz CT molecular complexity index is 611. The smallest absolute Gasteiger partial charge is 0.548 e. The van der Waals surface area contributed by atoms with Gasteiger partial charge < -0.3 is 14.3 Å². The zero-order valence-corrected chi connectivity index (χ0v) is 14.7. The first-order valence-electron chi connectivity index (χ1n) is 5.33. The number of carbonyl (C=O) groups excluding carboxylic acids is 1. The number of carboxylic acids is 1. The van der Waals surface area contributed by atoms with Crippen molar-refractivity contribution in [3.05, 3.63) is 17.9 Å². The summed E-state index contributed by atoms with van der Waals surface area (Å²) in [5.74, 6) is -1.00. The van der Waals surface area contributed by atoms with E-state index in [1.165, 1.54) is 17.8 Å². The molecule has 10 heteroatoms. The van der Waals surface area contributed by atoms with Gasteiger partial charge in [0.15, 0.2) is 0 Å². The first-order chi connectivity index (χ1) is 8.61. The first-order valence-corrected chi connectivity index (χ1v) is 7.65. The number of carboxylic acid groups (broad SMARTS) is 1. The van der Waals surface area contributed by atoms with E-state index in [1.54, 1.807) is 13.8 Å². The molecule has 1 aromatic rings. The summed E-state index contributed by atoms with van der Waals surface area (Å²) in [6, 6.07) is 1.61. The zero-order chi connectivity index (χ0) is 14.4. The van der Waals surface area contributed by atoms with E-state index in [0.717, 1.165) is 6.07 Å². The number of aliphatic carboxylic acids is 1. The van der Waals surface area contributed by atoms with Crippen LogP contribution in [0.2, 0.25) is 0 Å². The molecule has 20 heavy (non-hydrogen) atoms. The second kappa shape index (κ2) is 5.99. The normalized spacial score (nSPS) is 25.1. The van der Waals surface area contributed by atoms with E-state index >= 15 is 0 Å². The van der Waals surface area contributed by atoms with Crippen LogP contribution in [0.25, 0.3) is 0 Å². The molecule has 1 aromatic heterocycles. The fourth-order valence-electron chi connectivity index (χ4n) is 1.86. The van der Waals surface area contributed by atoms with Gasteiger partial charge in [-0.3, -0.25) is 9.87 Å². The van der Waals surface area contributed by atoms with Crippen molar-refractivity contribution < 1.29 is 56.8 Å². The van der Waals surface area contributed by atoms with Crippen LogP contribution in [0.1, 0.15) is 25.0 Å². The molecule has 0 bridgehead atoms. The number of carbonyl (C=O) groups is 1. The number of rotatable bonds is 3. The molecule has 0 radical (unpaired) electrons. The summed E-state index contributed by atoms with van der Waals surface area (Å²) in [6.07, 6.45) is 0. The molecule has 2 rings (SSSR count). The molecule has 0 saturated carbocycles. The minimum atomic E-state index is -4.40. The van der Waals surface area contributed by atoms with Gasteiger partial charge in [0, 0.05) is 4.75 Å². The predicted octanol–water partition coefficient (Wildman–Crippen LogP) is -3.24. The maximum atomic E-state index is 11.0. The van der Waals surface area contributed by atoms with Crippen LogP contribution in [0.5, 0.6) is 0 Å². The molecular weight excluding hydrogens is 317 g/mol. The molecule has 1 aliphatic heterocycles. The molecule has 1 fully saturated rings. The van der Waals surface area contributed by atoms with Crippen LogP contribution >= 0.6 is 11.8 Å². The molecule has 0 aliphatic carbocycles. The number of thioether (sulfide) groups is 1. The van der Waals surface area contributed by atoms with Crippen molar-refractivity contribution in [2.75, 3.05) is 0 Å². The molecule has 1 aliphatic rings. The molecule has 2 atom stereocenters. The monoisotopic (exact) mass is 329 g/mol. The van der Waals surface area contributed by atoms with E-state index in [2.05, 4.69) is 5.32 Å². The Morgan fingerprint density at radius 1 is 1.50 bits per heavy atom. The standard InChI is InChI=1S/C10H13NO6S2.Na/c1-10(2)7(9(12)13)11-8(18-10)5-3-4-6(17-5)19(14,15)16;/h3-4,7-8,11H,1-2H3,(H,12,13)(H,14,15,16);/q;+1/p-1. The summed E-state index contributed by atoms with van der Waals surface area (Å²) < 4.78 is 35.0. The fourth-order valence-corrected chi connectivity index (χ4v) is 3.66. The van der Waals surface area contributed by atoms with Crippen LogP contribution in [0.3, 0.4) is 0 Å². The third kappa shape index (κ3) is 3.59. The Morgan fingerprint density at radius 3 is 2.50 bits per heavy atom. The van der Waals surface area contributed by atoms with Crippen molar-refractivity contribution >= 4 is 27.8 Å². The van der Waals surface area contributed by atoms with Crippen LogP contribution in [0.15, 0.2) is 21.6 Å². The molecule has 2 heterocycles. The van der Waals surface area contributed by atoms with Gasteiger partial charge in [0.05, 0.1) is 12.0 Å². The van der Waals surface area contributed by atoms with Crippen LogP contribution in [-0.2, 0) is 14.9 Å². The van der Waals surface area contributed by atoms with E-state index in [1.807, 2.05) is 0 Å². The van der Waals surface area contributed by atoms with Crippen molar-refractivity contribution in [1.82, 2.24) is 5.32 Å². The van der Waals surface area contributed by atoms with Crippen molar-refractivity contribution in [2.45, 2.75) is 35.1 Å². The summed E-state index contributed by atoms with van der Waals surface area (Å²) in [5, 5.41) is 12.7. The van der Waals surface area contributed by atoms with Gasteiger partial charge in [-0.05, 0) is 26.0 Å². The minimum absolute atomic E-state index is 0. The Morgan fingerprint density at radius 2 is 2.10 bits per heavy atom. The van der Waals surface area contributed by atoms with Gasteiger partial charge in [-0.25, -0.2) is 0 Å². The van der Waals surface area contributed by atoms with Crippen molar-refractivity contribution in [1.29, 1.82) is 0 Å². The number of hydrogen-bond donors (Lipinski definition) is 2. The third-order valence-electron chi connectivity index (χ3n) is 2.79. The topological polar surface area (TPSA) is 120 Å². The van der Waals surface area contributed by atoms with E-state index in [4.69, 9.17) is 8.97 Å². The van der Waals surface area contributed by atoms with E-state index in [9.17, 15) is 18.3 Å². The Hall–Kier alpha value is -0.0300. The van der Waals surface area contributed by atoms with Gasteiger partial charge in [-0.2, -0.15) is 8.42 Å². The van der Waals surface area contributed by atoms with Gasteiger partial charge in [-0.15, -0.1) is 11.8 Å². The minimum Gasteiger partial charge on any atom is -0.548 e. The maximum Gasteiger partial charge on any atom is 1.00 e. The van der Waals surface area contributed by atoms with E-state index in [0.29, 0.717) is 0 Å². The second-order valence-electron chi connectivity index (χ2n) is 4.65. The molecular formula is C10H12NNaO6S2. The van der Waals surface area contributed by atoms with Crippen molar-refractivity contribution in [3.8, 4) is 0 Å². The van der Waals surface area contributed by atoms with Crippen LogP contribution in [0.4, 0.5) is 0 Å². The summed E-state index contributed by atoms with van der Waals surface area (Å²) in [7, 11) is -4.40. The molecule has 2 unspecified atom stereocenters. The summed E-state index contributed by atoms with van der Waals surface area (Å²) in [5.41, 5.74) is 0. The van der Waals surface area contributed by atoms with Gasteiger partial charge in [0.2, 0.25) is 5.09 Å². The largest absolute Gasteiger partial charge is 1.00 e. The van der Waals surface area contributed by atoms with Gasteiger partial charge in [0.1, 0.15) is 11.1 Å². The quantitative estimate of drug-likeness (QED) is 0.439. The maximum absolute atomic E-state index is 11.0. The van der Waals surface area contributed by atoms with Crippen LogP contribution in [-0.4, -0.2) is 29.7 Å². The Balaban J connectivity index is 0.00000200. The average Bonchev–Trinajstić information content (AvgIpc) is 2.79. The second-order valence-corrected chi connectivity index (χ2v) is 7.76. The molecule has 106 valence electrons. The van der Waals surface area contributed by atoms with Crippen molar-refractivity contribution in [2.24, 2.45) is 0 Å². The zero-order valence-electron chi connectivity index (χ0n) is 11.1. The third-order valence-corrected chi connectivity index (χ3v) is 4.96. The number of furan rings is 1. The van der Waals surface area contributed by atoms with Crippen LogP contribution in [0, 0.1) is 0 Å². The molecule has 2 N–H and O–H groups in total. The van der Waals surface area contributed by atoms with Gasteiger partial charge >= 0.3 is 39.7 Å². The average molecular weight is 329 g/mol. The molecule has 0 amide bonds. The Kier molecular flexibility index (Phi) is 5.40. The number of hydrogen-bond acceptors (Lipinski definition) is 7. The van der Waals surface area contributed by atoms with Gasteiger partial charge in [0.25, 0.3) is 0 Å². The van der Waals surface area contributed by atoms with Crippen molar-refractivity contribution in [3.63, 3.8) is 0 Å². The van der Waals surface area contributed by atoms with Gasteiger partial charge in [-0.1, -0.05) is 0 Å². The molecule has 0 aromatic carbocycles. The summed E-state index contributed by atoms with van der Waals surface area (Å²) in [4.78, 5) is 11.0. The van der Waals surface area contributed by atoms with Crippen LogP contribution < -0.4 is 40.0 Å². The molecule has 7 nitrogen and oxygen atoms in total. The predicted molar refractivity (Wildman–Crippen MR) is 64.9 cm³/mol. The van der Waals surface area contributed by atoms with E-state index in [-0.39, 0.29) is 35.3 Å². The first kappa shape index (κ1) is 18.0. The summed E-state index contributed by atoms with van der Waals surface area (Å²) >= 11 is 1.28. The van der Waals surface area contributed by atoms with E-state index < -0.39 is 37.3 Å². The summed E-state index contributed by atoms with van der Waals surface area (Å²) in [6.45, 7) is 3.47. The molecule has 1 saturated heterocycles. The SMILES string of the molecule is CC1(C)SC(c2ccc(S(=O)(=O)O)o2)NC1C(=O)[O-].[Na+]. The fraction of sp³-hybridized carbons (Fsp3) is 0.500. The Labute approximate surface area is 142 Å². The number of nitrogens with one attached hydrogen (secondary N) is 1.